The lowest BCUT2D eigenvalue weighted by Gasteiger charge is -2.48. The van der Waals surface area contributed by atoms with Crippen molar-refractivity contribution in [3.05, 3.63) is 0 Å². The Morgan fingerprint density at radius 3 is 2.36 bits per heavy atom. The minimum atomic E-state index is 0.276. The molecule has 1 heterocycles. The fraction of sp³-hybridized carbons (Fsp3) is 0.947. The van der Waals surface area contributed by atoms with Crippen LogP contribution in [-0.2, 0) is 4.74 Å². The average Bonchev–Trinajstić information content (AvgIpc) is 2.69. The number of ether oxygens (including phenoxy) is 1. The van der Waals surface area contributed by atoms with Crippen molar-refractivity contribution < 1.29 is 4.74 Å². The van der Waals surface area contributed by atoms with Gasteiger partial charge in [0, 0.05) is 45.3 Å². The van der Waals surface area contributed by atoms with Crippen LogP contribution in [0.1, 0.15) is 46.0 Å². The monoisotopic (exact) mass is 353 g/mol. The molecular formula is C19H39N5O. The molecule has 1 saturated carbocycles. The van der Waals surface area contributed by atoms with Gasteiger partial charge in [0.1, 0.15) is 0 Å². The molecule has 2 fully saturated rings. The number of nitrogens with zero attached hydrogens (tertiary/aromatic N) is 3. The standard InChI is InChI=1S/C19H39N5O/c1-4-23(5-2)12-11-21-18(20-3)22-17-19(9-7-6-8-10-19)24-13-15-25-16-14-24/h4-17H2,1-3H3,(H2,20,21,22). The van der Waals surface area contributed by atoms with Gasteiger partial charge in [-0.15, -0.1) is 0 Å². The number of nitrogens with one attached hydrogen (secondary N) is 2. The van der Waals surface area contributed by atoms with Gasteiger partial charge in [-0.25, -0.2) is 0 Å². The van der Waals surface area contributed by atoms with Crippen molar-refractivity contribution >= 4 is 5.96 Å². The normalized spacial score (nSPS) is 22.2. The Balaban J connectivity index is 1.85. The van der Waals surface area contributed by atoms with Crippen molar-refractivity contribution in [2.75, 3.05) is 66.1 Å². The van der Waals surface area contributed by atoms with Gasteiger partial charge in [0.2, 0.25) is 0 Å². The summed E-state index contributed by atoms with van der Waals surface area (Å²) in [5, 5.41) is 7.11. The van der Waals surface area contributed by atoms with Crippen LogP contribution < -0.4 is 10.6 Å². The molecule has 0 bridgehead atoms. The van der Waals surface area contributed by atoms with E-state index in [-0.39, 0.29) is 5.54 Å². The number of hydrogen-bond acceptors (Lipinski definition) is 4. The van der Waals surface area contributed by atoms with Crippen LogP contribution in [0.25, 0.3) is 0 Å². The zero-order valence-corrected chi connectivity index (χ0v) is 16.6. The van der Waals surface area contributed by atoms with E-state index < -0.39 is 0 Å². The fourth-order valence-corrected chi connectivity index (χ4v) is 4.19. The van der Waals surface area contributed by atoms with E-state index in [1.165, 1.54) is 32.1 Å². The molecule has 25 heavy (non-hydrogen) atoms. The zero-order chi connectivity index (χ0) is 18.0. The number of aliphatic imine (C=N–C) groups is 1. The predicted molar refractivity (Wildman–Crippen MR) is 105 cm³/mol. The van der Waals surface area contributed by atoms with Crippen molar-refractivity contribution in [1.82, 2.24) is 20.4 Å². The molecule has 146 valence electrons. The highest BCUT2D eigenvalue weighted by Gasteiger charge is 2.38. The van der Waals surface area contributed by atoms with Crippen molar-refractivity contribution in [3.63, 3.8) is 0 Å². The van der Waals surface area contributed by atoms with Crippen LogP contribution in [0.4, 0.5) is 0 Å². The van der Waals surface area contributed by atoms with Gasteiger partial charge in [-0.3, -0.25) is 9.89 Å². The Bertz CT molecular complexity index is 385. The molecule has 0 amide bonds. The second-order valence-electron chi connectivity index (χ2n) is 7.26. The smallest absolute Gasteiger partial charge is 0.191 e. The molecule has 6 nitrogen and oxygen atoms in total. The molecule has 2 N–H and O–H groups in total. The number of likely N-dealkylation sites (N-methyl/N-ethyl adjacent to an activating group) is 1. The molecule has 1 aliphatic carbocycles. The number of guanidine groups is 1. The molecular weight excluding hydrogens is 314 g/mol. The van der Waals surface area contributed by atoms with Crippen molar-refractivity contribution in [2.45, 2.75) is 51.5 Å². The molecule has 6 heteroatoms. The van der Waals surface area contributed by atoms with Crippen molar-refractivity contribution in [2.24, 2.45) is 4.99 Å². The fourth-order valence-electron chi connectivity index (χ4n) is 4.19. The van der Waals surface area contributed by atoms with E-state index in [1.54, 1.807) is 0 Å². The topological polar surface area (TPSA) is 52.1 Å². The van der Waals surface area contributed by atoms with E-state index in [1.807, 2.05) is 7.05 Å². The largest absolute Gasteiger partial charge is 0.379 e. The van der Waals surface area contributed by atoms with Gasteiger partial charge in [-0.05, 0) is 25.9 Å². The second-order valence-corrected chi connectivity index (χ2v) is 7.26. The summed E-state index contributed by atoms with van der Waals surface area (Å²) in [5.74, 6) is 0.936. The summed E-state index contributed by atoms with van der Waals surface area (Å²) in [6, 6.07) is 0. The first-order valence-corrected chi connectivity index (χ1v) is 10.2. The van der Waals surface area contributed by atoms with Crippen molar-refractivity contribution in [1.29, 1.82) is 0 Å². The highest BCUT2D eigenvalue weighted by atomic mass is 16.5. The highest BCUT2D eigenvalue weighted by Crippen LogP contribution is 2.33. The van der Waals surface area contributed by atoms with E-state index in [0.717, 1.165) is 65.0 Å². The summed E-state index contributed by atoms with van der Waals surface area (Å²) in [6.45, 7) is 13.5. The van der Waals surface area contributed by atoms with Crippen LogP contribution in [0.3, 0.4) is 0 Å². The molecule has 2 aliphatic rings. The summed E-state index contributed by atoms with van der Waals surface area (Å²) in [5.41, 5.74) is 0.276. The Hall–Kier alpha value is -0.850. The van der Waals surface area contributed by atoms with Gasteiger partial charge in [0.25, 0.3) is 0 Å². The van der Waals surface area contributed by atoms with Crippen LogP contribution in [-0.4, -0.2) is 87.4 Å². The molecule has 0 unspecified atom stereocenters. The molecule has 0 radical (unpaired) electrons. The Labute approximate surface area is 154 Å². The molecule has 1 saturated heterocycles. The van der Waals surface area contributed by atoms with Gasteiger partial charge in [0.05, 0.1) is 13.2 Å². The maximum absolute atomic E-state index is 5.58. The Morgan fingerprint density at radius 1 is 1.08 bits per heavy atom. The van der Waals surface area contributed by atoms with Crippen molar-refractivity contribution in [3.8, 4) is 0 Å². The number of morpholine rings is 1. The third kappa shape index (κ3) is 6.12. The first-order valence-electron chi connectivity index (χ1n) is 10.2. The lowest BCUT2D eigenvalue weighted by Crippen LogP contribution is -2.60. The van der Waals surface area contributed by atoms with E-state index in [9.17, 15) is 0 Å². The highest BCUT2D eigenvalue weighted by molar-refractivity contribution is 5.79. The third-order valence-electron chi connectivity index (χ3n) is 5.89. The molecule has 0 spiro atoms. The van der Waals surface area contributed by atoms with Gasteiger partial charge in [0.15, 0.2) is 5.96 Å². The third-order valence-corrected chi connectivity index (χ3v) is 5.89. The summed E-state index contributed by atoms with van der Waals surface area (Å²) >= 11 is 0. The van der Waals surface area contributed by atoms with Crippen LogP contribution in [0.15, 0.2) is 4.99 Å². The van der Waals surface area contributed by atoms with E-state index >= 15 is 0 Å². The quantitative estimate of drug-likeness (QED) is 0.512. The summed E-state index contributed by atoms with van der Waals surface area (Å²) in [7, 11) is 1.87. The minimum absolute atomic E-state index is 0.276. The predicted octanol–water partition coefficient (Wildman–Crippen LogP) is 1.53. The van der Waals surface area contributed by atoms with E-state index in [2.05, 4.69) is 39.3 Å². The van der Waals surface area contributed by atoms with E-state index in [0.29, 0.717) is 0 Å². The Kier molecular flexibility index (Phi) is 8.99. The molecule has 0 aromatic carbocycles. The van der Waals surface area contributed by atoms with Crippen LogP contribution in [0.5, 0.6) is 0 Å². The second kappa shape index (κ2) is 11.0. The Morgan fingerprint density at radius 2 is 1.76 bits per heavy atom. The molecule has 0 aromatic rings. The van der Waals surface area contributed by atoms with Gasteiger partial charge in [-0.2, -0.15) is 0 Å². The number of hydrogen-bond donors (Lipinski definition) is 2. The first kappa shape index (κ1) is 20.5. The SMILES string of the molecule is CCN(CC)CCNC(=NC)NCC1(N2CCOCC2)CCCCC1. The molecule has 0 atom stereocenters. The van der Waals surface area contributed by atoms with Gasteiger partial charge in [-0.1, -0.05) is 33.1 Å². The van der Waals surface area contributed by atoms with E-state index in [4.69, 9.17) is 4.74 Å². The summed E-state index contributed by atoms with van der Waals surface area (Å²) in [6.07, 6.45) is 6.63. The average molecular weight is 354 g/mol. The van der Waals surface area contributed by atoms with Crippen LogP contribution in [0, 0.1) is 0 Å². The maximum Gasteiger partial charge on any atom is 0.191 e. The lowest BCUT2D eigenvalue weighted by atomic mass is 9.80. The number of rotatable bonds is 8. The van der Waals surface area contributed by atoms with Crippen LogP contribution >= 0.6 is 0 Å². The maximum atomic E-state index is 5.58. The zero-order valence-electron chi connectivity index (χ0n) is 16.6. The van der Waals surface area contributed by atoms with Gasteiger partial charge >= 0.3 is 0 Å². The van der Waals surface area contributed by atoms with Crippen LogP contribution in [0.2, 0.25) is 0 Å². The summed E-state index contributed by atoms with van der Waals surface area (Å²) < 4.78 is 5.58. The summed E-state index contributed by atoms with van der Waals surface area (Å²) in [4.78, 5) is 9.53. The molecule has 1 aliphatic heterocycles. The lowest BCUT2D eigenvalue weighted by molar-refractivity contribution is -0.0352. The first-order chi connectivity index (χ1) is 12.2. The van der Waals surface area contributed by atoms with Gasteiger partial charge < -0.3 is 20.3 Å². The minimum Gasteiger partial charge on any atom is -0.379 e. The molecule has 2 rings (SSSR count). The molecule has 0 aromatic heterocycles.